The third-order valence-electron chi connectivity index (χ3n) is 3.75. The third kappa shape index (κ3) is 5.31. The average Bonchev–Trinajstić information content (AvgIpc) is 2.67. The van der Waals surface area contributed by atoms with E-state index in [4.69, 9.17) is 18.9 Å². The number of rotatable bonds is 8. The Kier molecular flexibility index (Phi) is 6.93. The van der Waals surface area contributed by atoms with Crippen LogP contribution < -0.4 is 29.6 Å². The molecule has 144 valence electrons. The molecule has 0 fully saturated rings. The largest absolute Gasteiger partial charge is 0.497 e. The summed E-state index contributed by atoms with van der Waals surface area (Å²) in [6.45, 7) is 1.78. The molecule has 7 nitrogen and oxygen atoms in total. The van der Waals surface area contributed by atoms with Crippen molar-refractivity contribution in [2.24, 2.45) is 0 Å². The van der Waals surface area contributed by atoms with Crippen molar-refractivity contribution in [3.05, 3.63) is 48.2 Å². The highest BCUT2D eigenvalue weighted by atomic mass is 16.5. The first kappa shape index (κ1) is 20.0. The molecule has 0 saturated heterocycles. The molecule has 0 unspecified atom stereocenters. The Balaban J connectivity index is 2.16. The van der Waals surface area contributed by atoms with Gasteiger partial charge in [0.25, 0.3) is 0 Å². The van der Waals surface area contributed by atoms with Gasteiger partial charge in [0.15, 0.2) is 0 Å². The van der Waals surface area contributed by atoms with E-state index in [2.05, 4.69) is 10.6 Å². The van der Waals surface area contributed by atoms with Gasteiger partial charge in [-0.25, -0.2) is 0 Å². The molecule has 2 N–H and O–H groups in total. The number of carbonyl (C=O) groups excluding carboxylic acids is 1. The average molecular weight is 372 g/mol. The number of ether oxygens (including phenoxy) is 4. The number of benzene rings is 2. The molecule has 0 aliphatic carbocycles. The number of hydrogen-bond acceptors (Lipinski definition) is 6. The van der Waals surface area contributed by atoms with Gasteiger partial charge in [-0.1, -0.05) is 0 Å². The smallest absolute Gasteiger partial charge is 0.250 e. The summed E-state index contributed by atoms with van der Waals surface area (Å²) in [6, 6.07) is 10.6. The second kappa shape index (κ2) is 9.38. The van der Waals surface area contributed by atoms with Gasteiger partial charge in [0.2, 0.25) is 5.91 Å². The van der Waals surface area contributed by atoms with Crippen LogP contribution in [0.3, 0.4) is 0 Å². The van der Waals surface area contributed by atoms with Crippen LogP contribution in [-0.2, 0) is 4.79 Å². The van der Waals surface area contributed by atoms with Crippen molar-refractivity contribution >= 4 is 17.3 Å². The summed E-state index contributed by atoms with van der Waals surface area (Å²) in [6.07, 6.45) is 1.44. The van der Waals surface area contributed by atoms with E-state index in [0.29, 0.717) is 40.1 Å². The minimum absolute atomic E-state index is 0.312. The first-order valence-corrected chi connectivity index (χ1v) is 8.21. The maximum atomic E-state index is 12.4. The van der Waals surface area contributed by atoms with Crippen molar-refractivity contribution in [2.45, 2.75) is 6.92 Å². The van der Waals surface area contributed by atoms with Gasteiger partial charge in [0.05, 0.1) is 39.8 Å². The molecule has 0 heterocycles. The highest BCUT2D eigenvalue weighted by molar-refractivity contribution is 6.01. The maximum absolute atomic E-state index is 12.4. The van der Waals surface area contributed by atoms with Crippen LogP contribution in [0.25, 0.3) is 0 Å². The SMILES string of the molecule is COc1ccc(OC)c(NC(=O)/C=C(/C)Nc2cc(OC)ccc2OC)c1. The maximum Gasteiger partial charge on any atom is 0.250 e. The van der Waals surface area contributed by atoms with Gasteiger partial charge in [-0.2, -0.15) is 0 Å². The lowest BCUT2D eigenvalue weighted by atomic mass is 10.2. The van der Waals surface area contributed by atoms with Crippen LogP contribution in [0.2, 0.25) is 0 Å². The quantitative estimate of drug-likeness (QED) is 0.689. The van der Waals surface area contributed by atoms with E-state index in [1.54, 1.807) is 64.7 Å². The van der Waals surface area contributed by atoms with Crippen LogP contribution in [0.15, 0.2) is 48.2 Å². The molecule has 0 atom stereocenters. The van der Waals surface area contributed by atoms with Gasteiger partial charge >= 0.3 is 0 Å². The van der Waals surface area contributed by atoms with Gasteiger partial charge in [0, 0.05) is 23.9 Å². The number of anilines is 2. The molecule has 0 spiro atoms. The number of amides is 1. The molecule has 2 aromatic carbocycles. The molecule has 2 aromatic rings. The minimum Gasteiger partial charge on any atom is -0.497 e. The first-order valence-electron chi connectivity index (χ1n) is 8.21. The van der Waals surface area contributed by atoms with Gasteiger partial charge in [-0.3, -0.25) is 4.79 Å². The van der Waals surface area contributed by atoms with E-state index >= 15 is 0 Å². The zero-order valence-corrected chi connectivity index (χ0v) is 16.1. The van der Waals surface area contributed by atoms with Crippen LogP contribution in [0, 0.1) is 0 Å². The lowest BCUT2D eigenvalue weighted by Crippen LogP contribution is -2.11. The third-order valence-corrected chi connectivity index (χ3v) is 3.75. The molecule has 0 aliphatic heterocycles. The van der Waals surface area contributed by atoms with Gasteiger partial charge in [-0.05, 0) is 31.2 Å². The molecule has 2 rings (SSSR count). The number of methoxy groups -OCH3 is 4. The van der Waals surface area contributed by atoms with E-state index in [1.165, 1.54) is 13.2 Å². The summed E-state index contributed by atoms with van der Waals surface area (Å²) in [7, 11) is 6.26. The Morgan fingerprint density at radius 2 is 1.26 bits per heavy atom. The summed E-state index contributed by atoms with van der Waals surface area (Å²) >= 11 is 0. The first-order chi connectivity index (χ1) is 13.0. The van der Waals surface area contributed by atoms with Crippen molar-refractivity contribution in [1.82, 2.24) is 0 Å². The van der Waals surface area contributed by atoms with Crippen LogP contribution in [0.1, 0.15) is 6.92 Å². The predicted octanol–water partition coefficient (Wildman–Crippen LogP) is 3.68. The van der Waals surface area contributed by atoms with Crippen molar-refractivity contribution in [1.29, 1.82) is 0 Å². The Hall–Kier alpha value is -3.35. The van der Waals surface area contributed by atoms with Gasteiger partial charge in [-0.15, -0.1) is 0 Å². The lowest BCUT2D eigenvalue weighted by Gasteiger charge is -2.13. The van der Waals surface area contributed by atoms with E-state index in [9.17, 15) is 4.79 Å². The fourth-order valence-electron chi connectivity index (χ4n) is 2.44. The van der Waals surface area contributed by atoms with E-state index in [1.807, 2.05) is 0 Å². The Labute approximate surface area is 158 Å². The number of carbonyl (C=O) groups is 1. The van der Waals surface area contributed by atoms with Crippen LogP contribution in [0.4, 0.5) is 11.4 Å². The standard InChI is InChI=1S/C20H24N2O5/c1-13(21-16-11-14(24-2)6-8-18(16)26-4)10-20(23)22-17-12-15(25-3)7-9-19(17)27-5/h6-12,21H,1-5H3,(H,22,23)/b13-10-. The molecular weight excluding hydrogens is 348 g/mol. The summed E-state index contributed by atoms with van der Waals surface area (Å²) in [5.41, 5.74) is 1.84. The Morgan fingerprint density at radius 1 is 0.778 bits per heavy atom. The van der Waals surface area contributed by atoms with Crippen molar-refractivity contribution < 1.29 is 23.7 Å². The monoisotopic (exact) mass is 372 g/mol. The Morgan fingerprint density at radius 3 is 1.70 bits per heavy atom. The lowest BCUT2D eigenvalue weighted by molar-refractivity contribution is -0.112. The molecular formula is C20H24N2O5. The molecule has 0 bridgehead atoms. The number of nitrogens with one attached hydrogen (secondary N) is 2. The Bertz CT molecular complexity index is 833. The van der Waals surface area contributed by atoms with E-state index in [0.717, 1.165) is 0 Å². The number of hydrogen-bond donors (Lipinski definition) is 2. The zero-order valence-electron chi connectivity index (χ0n) is 16.1. The molecule has 27 heavy (non-hydrogen) atoms. The van der Waals surface area contributed by atoms with Crippen molar-refractivity contribution in [3.8, 4) is 23.0 Å². The highest BCUT2D eigenvalue weighted by Crippen LogP contribution is 2.30. The highest BCUT2D eigenvalue weighted by Gasteiger charge is 2.09. The predicted molar refractivity (Wildman–Crippen MR) is 105 cm³/mol. The summed E-state index contributed by atoms with van der Waals surface area (Å²) < 4.78 is 21.0. The van der Waals surface area contributed by atoms with Crippen LogP contribution >= 0.6 is 0 Å². The fraction of sp³-hybridized carbons (Fsp3) is 0.250. The van der Waals surface area contributed by atoms with E-state index in [-0.39, 0.29) is 5.91 Å². The summed E-state index contributed by atoms with van der Waals surface area (Å²) in [4.78, 5) is 12.4. The normalized spacial score (nSPS) is 10.8. The molecule has 0 radical (unpaired) electrons. The van der Waals surface area contributed by atoms with Crippen LogP contribution in [-0.4, -0.2) is 34.3 Å². The topological polar surface area (TPSA) is 78.1 Å². The second-order valence-electron chi connectivity index (χ2n) is 5.57. The molecule has 1 amide bonds. The molecule has 0 aromatic heterocycles. The van der Waals surface area contributed by atoms with Crippen molar-refractivity contribution in [2.75, 3.05) is 39.1 Å². The summed E-state index contributed by atoms with van der Waals surface area (Å²) in [5.74, 6) is 2.16. The van der Waals surface area contributed by atoms with Gasteiger partial charge in [0.1, 0.15) is 23.0 Å². The van der Waals surface area contributed by atoms with E-state index < -0.39 is 0 Å². The van der Waals surface area contributed by atoms with Crippen LogP contribution in [0.5, 0.6) is 23.0 Å². The van der Waals surface area contributed by atoms with Gasteiger partial charge < -0.3 is 29.6 Å². The molecule has 0 aliphatic rings. The molecule has 0 saturated carbocycles. The fourth-order valence-corrected chi connectivity index (χ4v) is 2.44. The summed E-state index contributed by atoms with van der Waals surface area (Å²) in [5, 5.41) is 5.93. The minimum atomic E-state index is -0.312. The number of allylic oxidation sites excluding steroid dienone is 1. The van der Waals surface area contributed by atoms with Crippen molar-refractivity contribution in [3.63, 3.8) is 0 Å². The molecule has 7 heteroatoms. The zero-order chi connectivity index (χ0) is 19.8. The second-order valence-corrected chi connectivity index (χ2v) is 5.57.